The van der Waals surface area contributed by atoms with E-state index in [1.807, 2.05) is 25.3 Å². The smallest absolute Gasteiger partial charge is 0.152 e. The van der Waals surface area contributed by atoms with Crippen LogP contribution in [0, 0.1) is 6.92 Å². The first-order valence-corrected chi connectivity index (χ1v) is 6.67. The van der Waals surface area contributed by atoms with Gasteiger partial charge < -0.3 is 14.7 Å². The summed E-state index contributed by atoms with van der Waals surface area (Å²) in [5.41, 5.74) is 0.987. The molecule has 94 valence electrons. The molecule has 0 aliphatic carbocycles. The van der Waals surface area contributed by atoms with Gasteiger partial charge in [0.1, 0.15) is 17.3 Å². The van der Waals surface area contributed by atoms with Crippen molar-refractivity contribution >= 4 is 0 Å². The Bertz CT molecular complexity index is 571. The standard InChI is InChI=1S/C14H17N3O/c1-8-2-5-13(18-8)12-7-15-14(17-12)10-6-9-3-4-11(10)16-9/h2,5,7,9-11,16H,3-4,6H2,1H3,(H,15,17). The summed E-state index contributed by atoms with van der Waals surface area (Å²) in [6, 6.07) is 5.30. The van der Waals surface area contributed by atoms with E-state index in [-0.39, 0.29) is 0 Å². The molecule has 4 heterocycles. The third-order valence-corrected chi connectivity index (χ3v) is 4.25. The molecule has 2 aliphatic rings. The highest BCUT2D eigenvalue weighted by molar-refractivity contribution is 5.51. The van der Waals surface area contributed by atoms with E-state index in [1.165, 1.54) is 19.3 Å². The third-order valence-electron chi connectivity index (χ3n) is 4.25. The van der Waals surface area contributed by atoms with Crippen molar-refractivity contribution in [3.05, 3.63) is 29.9 Å². The van der Waals surface area contributed by atoms with Crippen molar-refractivity contribution in [3.63, 3.8) is 0 Å². The fraction of sp³-hybridized carbons (Fsp3) is 0.500. The van der Waals surface area contributed by atoms with E-state index < -0.39 is 0 Å². The summed E-state index contributed by atoms with van der Waals surface area (Å²) < 4.78 is 5.62. The van der Waals surface area contributed by atoms with Crippen molar-refractivity contribution < 1.29 is 4.42 Å². The highest BCUT2D eigenvalue weighted by Crippen LogP contribution is 2.39. The van der Waals surface area contributed by atoms with Crippen LogP contribution in [0.25, 0.3) is 11.5 Å². The van der Waals surface area contributed by atoms with Crippen molar-refractivity contribution in [2.45, 2.75) is 44.2 Å². The lowest BCUT2D eigenvalue weighted by Crippen LogP contribution is -2.22. The predicted molar refractivity (Wildman–Crippen MR) is 68.3 cm³/mol. The molecule has 0 radical (unpaired) electrons. The van der Waals surface area contributed by atoms with E-state index in [0.29, 0.717) is 18.0 Å². The normalized spacial score (nSPS) is 30.2. The van der Waals surface area contributed by atoms with Gasteiger partial charge in [-0.15, -0.1) is 0 Å². The first-order valence-electron chi connectivity index (χ1n) is 6.67. The van der Waals surface area contributed by atoms with Gasteiger partial charge >= 0.3 is 0 Å². The molecule has 2 bridgehead atoms. The van der Waals surface area contributed by atoms with Crippen LogP contribution in [-0.4, -0.2) is 22.1 Å². The van der Waals surface area contributed by atoms with E-state index in [2.05, 4.69) is 15.3 Å². The number of imidazole rings is 1. The Kier molecular flexibility index (Phi) is 2.14. The zero-order valence-corrected chi connectivity index (χ0v) is 10.4. The minimum atomic E-state index is 0.550. The van der Waals surface area contributed by atoms with Gasteiger partial charge in [0.2, 0.25) is 0 Å². The number of rotatable bonds is 2. The second-order valence-electron chi connectivity index (χ2n) is 5.48. The van der Waals surface area contributed by atoms with Crippen molar-refractivity contribution in [3.8, 4) is 11.5 Å². The lowest BCUT2D eigenvalue weighted by molar-refractivity contribution is 0.489. The van der Waals surface area contributed by atoms with Gasteiger partial charge in [-0.2, -0.15) is 0 Å². The van der Waals surface area contributed by atoms with Gasteiger partial charge in [-0.25, -0.2) is 4.98 Å². The van der Waals surface area contributed by atoms with Crippen LogP contribution in [0.2, 0.25) is 0 Å². The average Bonchev–Trinajstić information content (AvgIpc) is 3.12. The molecule has 2 aliphatic heterocycles. The molecule has 0 saturated carbocycles. The summed E-state index contributed by atoms with van der Waals surface area (Å²) in [6.07, 6.45) is 5.71. The average molecular weight is 243 g/mol. The van der Waals surface area contributed by atoms with Crippen molar-refractivity contribution in [1.29, 1.82) is 0 Å². The van der Waals surface area contributed by atoms with Gasteiger partial charge in [0.25, 0.3) is 0 Å². The molecular weight excluding hydrogens is 226 g/mol. The van der Waals surface area contributed by atoms with E-state index in [9.17, 15) is 0 Å². The Morgan fingerprint density at radius 2 is 2.28 bits per heavy atom. The minimum absolute atomic E-state index is 0.550. The van der Waals surface area contributed by atoms with Crippen LogP contribution in [0.3, 0.4) is 0 Å². The van der Waals surface area contributed by atoms with E-state index in [4.69, 9.17) is 4.42 Å². The molecule has 3 atom stereocenters. The first kappa shape index (κ1) is 10.4. The van der Waals surface area contributed by atoms with Crippen molar-refractivity contribution in [2.75, 3.05) is 0 Å². The number of hydrogen-bond donors (Lipinski definition) is 2. The molecule has 0 amide bonds. The molecule has 4 rings (SSSR count). The second-order valence-corrected chi connectivity index (χ2v) is 5.48. The van der Waals surface area contributed by atoms with Gasteiger partial charge in [0.05, 0.1) is 6.20 Å². The van der Waals surface area contributed by atoms with Crippen LogP contribution in [0.4, 0.5) is 0 Å². The lowest BCUT2D eigenvalue weighted by Gasteiger charge is -2.17. The van der Waals surface area contributed by atoms with Gasteiger partial charge in [-0.1, -0.05) is 0 Å². The monoisotopic (exact) mass is 243 g/mol. The van der Waals surface area contributed by atoms with Crippen LogP contribution in [-0.2, 0) is 0 Å². The zero-order chi connectivity index (χ0) is 12.1. The highest BCUT2D eigenvalue weighted by Gasteiger charge is 2.41. The molecule has 2 aromatic rings. The number of nitrogens with one attached hydrogen (secondary N) is 2. The van der Waals surface area contributed by atoms with Crippen molar-refractivity contribution in [1.82, 2.24) is 15.3 Å². The lowest BCUT2D eigenvalue weighted by atomic mass is 9.89. The number of H-pyrrole nitrogens is 1. The molecule has 2 fully saturated rings. The maximum Gasteiger partial charge on any atom is 0.152 e. The Labute approximate surface area is 106 Å². The molecule has 0 aromatic carbocycles. The molecule has 4 nitrogen and oxygen atoms in total. The predicted octanol–water partition coefficient (Wildman–Crippen LogP) is 2.59. The number of hydrogen-bond acceptors (Lipinski definition) is 3. The van der Waals surface area contributed by atoms with Crippen LogP contribution in [0.1, 0.15) is 36.8 Å². The summed E-state index contributed by atoms with van der Waals surface area (Å²) >= 11 is 0. The summed E-state index contributed by atoms with van der Waals surface area (Å²) in [4.78, 5) is 7.97. The Balaban J connectivity index is 1.62. The van der Waals surface area contributed by atoms with E-state index >= 15 is 0 Å². The Morgan fingerprint density at radius 3 is 2.94 bits per heavy atom. The van der Waals surface area contributed by atoms with Gasteiger partial charge in [-0.3, -0.25) is 0 Å². The molecule has 3 unspecified atom stereocenters. The summed E-state index contributed by atoms with van der Waals surface area (Å²) in [6.45, 7) is 1.96. The summed E-state index contributed by atoms with van der Waals surface area (Å²) in [5.74, 6) is 3.47. The Morgan fingerprint density at radius 1 is 1.33 bits per heavy atom. The third kappa shape index (κ3) is 1.52. The van der Waals surface area contributed by atoms with Gasteiger partial charge in [0.15, 0.2) is 5.76 Å². The number of aromatic nitrogens is 2. The molecule has 2 saturated heterocycles. The minimum Gasteiger partial charge on any atom is -0.460 e. The van der Waals surface area contributed by atoms with Crippen molar-refractivity contribution in [2.24, 2.45) is 0 Å². The van der Waals surface area contributed by atoms with Crippen LogP contribution < -0.4 is 5.32 Å². The molecule has 0 spiro atoms. The molecule has 4 heteroatoms. The summed E-state index contributed by atoms with van der Waals surface area (Å²) in [7, 11) is 0. The maximum atomic E-state index is 5.62. The van der Waals surface area contributed by atoms with Crippen LogP contribution in [0.5, 0.6) is 0 Å². The largest absolute Gasteiger partial charge is 0.460 e. The first-order chi connectivity index (χ1) is 8.79. The molecule has 18 heavy (non-hydrogen) atoms. The van der Waals surface area contributed by atoms with Gasteiger partial charge in [-0.05, 0) is 38.3 Å². The Hall–Kier alpha value is -1.55. The quantitative estimate of drug-likeness (QED) is 0.852. The zero-order valence-electron chi connectivity index (χ0n) is 10.4. The molecular formula is C14H17N3O. The van der Waals surface area contributed by atoms with Crippen LogP contribution in [0.15, 0.2) is 22.7 Å². The fourth-order valence-electron chi connectivity index (χ4n) is 3.36. The van der Waals surface area contributed by atoms with E-state index in [0.717, 1.165) is 23.0 Å². The van der Waals surface area contributed by atoms with Gasteiger partial charge in [0, 0.05) is 18.0 Å². The topological polar surface area (TPSA) is 53.9 Å². The van der Waals surface area contributed by atoms with E-state index in [1.54, 1.807) is 0 Å². The molecule has 2 aromatic heterocycles. The number of aromatic amines is 1. The van der Waals surface area contributed by atoms with Crippen LogP contribution >= 0.6 is 0 Å². The maximum absolute atomic E-state index is 5.62. The highest BCUT2D eigenvalue weighted by atomic mass is 16.3. The molecule has 2 N–H and O–H groups in total. The number of fused-ring (bicyclic) bond motifs is 2. The summed E-state index contributed by atoms with van der Waals surface area (Å²) in [5, 5.41) is 3.65. The number of nitrogens with zero attached hydrogens (tertiary/aromatic N) is 1. The fourth-order valence-corrected chi connectivity index (χ4v) is 3.36. The number of furan rings is 1. The second kappa shape index (κ2) is 3.72. The SMILES string of the molecule is Cc1ccc(-c2cnc(C3CC4CCC3N4)[nH]2)o1. The number of aryl methyl sites for hydroxylation is 1.